The van der Waals surface area contributed by atoms with Crippen molar-refractivity contribution in [2.24, 2.45) is 0 Å². The number of aromatic nitrogens is 1. The minimum absolute atomic E-state index is 0.621. The van der Waals surface area contributed by atoms with E-state index in [9.17, 15) is 0 Å². The molecule has 0 unspecified atom stereocenters. The van der Waals surface area contributed by atoms with E-state index in [0.717, 1.165) is 73.7 Å². The Morgan fingerprint density at radius 3 is 2.56 bits per heavy atom. The fourth-order valence-corrected chi connectivity index (χ4v) is 4.53. The van der Waals surface area contributed by atoms with E-state index >= 15 is 0 Å². The highest BCUT2D eigenvalue weighted by molar-refractivity contribution is 6.03. The van der Waals surface area contributed by atoms with Crippen molar-refractivity contribution in [3.8, 4) is 11.5 Å². The number of pyridine rings is 1. The molecule has 0 saturated carbocycles. The maximum atomic E-state index is 6.82. The molecule has 0 aliphatic carbocycles. The van der Waals surface area contributed by atoms with Crippen LogP contribution in [0.4, 0.5) is 28.6 Å². The van der Waals surface area contributed by atoms with Crippen LogP contribution in [0.15, 0.2) is 36.4 Å². The molecule has 1 fully saturated rings. The molecule has 0 spiro atoms. The Balaban J connectivity index is 1.83. The lowest BCUT2D eigenvalue weighted by Crippen LogP contribution is -2.43. The summed E-state index contributed by atoms with van der Waals surface area (Å²) in [5.41, 5.74) is 11.4. The number of hydrogen-bond acceptors (Lipinski definition) is 8. The maximum absolute atomic E-state index is 6.82. The first-order chi connectivity index (χ1) is 16.6. The van der Waals surface area contributed by atoms with Crippen LogP contribution in [0.5, 0.6) is 11.5 Å². The standard InChI is InChI=1S/C26H36N6O2/c1-5-13-31(6-2)25-20-16-18(32-14-11-28-12-15-32)7-9-21(20)29-26(24(25)27)30-22-10-8-19(33-3)17-23(22)34-4/h7-10,16-17,28H,5-6,11-15,27H2,1-4H3,(H,29,30). The van der Waals surface area contributed by atoms with Gasteiger partial charge >= 0.3 is 0 Å². The first-order valence-corrected chi connectivity index (χ1v) is 12.0. The molecule has 0 amide bonds. The fraction of sp³-hybridized carbons (Fsp3) is 0.423. The van der Waals surface area contributed by atoms with E-state index in [-0.39, 0.29) is 0 Å². The minimum atomic E-state index is 0.621. The van der Waals surface area contributed by atoms with Gasteiger partial charge in [-0.05, 0) is 43.7 Å². The van der Waals surface area contributed by atoms with Crippen molar-refractivity contribution in [2.45, 2.75) is 20.3 Å². The smallest absolute Gasteiger partial charge is 0.156 e. The molecule has 0 atom stereocenters. The second-order valence-electron chi connectivity index (χ2n) is 8.43. The van der Waals surface area contributed by atoms with Crippen molar-refractivity contribution in [3.05, 3.63) is 36.4 Å². The van der Waals surface area contributed by atoms with Crippen LogP contribution in [0.3, 0.4) is 0 Å². The zero-order chi connectivity index (χ0) is 24.1. The zero-order valence-electron chi connectivity index (χ0n) is 20.6. The molecule has 1 aliphatic rings. The predicted molar refractivity (Wildman–Crippen MR) is 142 cm³/mol. The molecule has 1 aliphatic heterocycles. The Labute approximate surface area is 202 Å². The predicted octanol–water partition coefficient (Wildman–Crippen LogP) is 4.22. The summed E-state index contributed by atoms with van der Waals surface area (Å²) in [5.74, 6) is 2.01. The number of nitrogens with zero attached hydrogens (tertiary/aromatic N) is 3. The number of methoxy groups -OCH3 is 2. The number of hydrogen-bond donors (Lipinski definition) is 3. The number of anilines is 5. The second kappa shape index (κ2) is 10.7. The Morgan fingerprint density at radius 2 is 1.88 bits per heavy atom. The summed E-state index contributed by atoms with van der Waals surface area (Å²) in [5, 5.41) is 7.92. The van der Waals surface area contributed by atoms with Gasteiger partial charge in [-0.25, -0.2) is 4.98 Å². The summed E-state index contributed by atoms with van der Waals surface area (Å²) in [4.78, 5) is 9.69. The molecule has 1 aromatic heterocycles. The number of ether oxygens (including phenoxy) is 2. The summed E-state index contributed by atoms with van der Waals surface area (Å²) in [6.07, 6.45) is 1.03. The Bertz CT molecular complexity index is 1130. The molecule has 0 radical (unpaired) electrons. The molecule has 8 heteroatoms. The van der Waals surface area contributed by atoms with Gasteiger partial charge in [0.1, 0.15) is 11.5 Å². The maximum Gasteiger partial charge on any atom is 0.156 e. The molecule has 182 valence electrons. The van der Waals surface area contributed by atoms with Crippen molar-refractivity contribution in [3.63, 3.8) is 0 Å². The van der Waals surface area contributed by atoms with Crippen LogP contribution >= 0.6 is 0 Å². The van der Waals surface area contributed by atoms with E-state index in [0.29, 0.717) is 17.3 Å². The van der Waals surface area contributed by atoms with Crippen LogP contribution < -0.4 is 35.6 Å². The van der Waals surface area contributed by atoms with E-state index in [4.69, 9.17) is 20.2 Å². The number of nitrogen functional groups attached to an aromatic ring is 1. The number of piperazine rings is 1. The highest BCUT2D eigenvalue weighted by Gasteiger charge is 2.20. The third kappa shape index (κ3) is 4.77. The molecule has 34 heavy (non-hydrogen) atoms. The summed E-state index contributed by atoms with van der Waals surface area (Å²) in [7, 11) is 3.28. The topological polar surface area (TPSA) is 87.9 Å². The van der Waals surface area contributed by atoms with E-state index in [1.54, 1.807) is 14.2 Å². The number of benzene rings is 2. The molecule has 8 nitrogen and oxygen atoms in total. The van der Waals surface area contributed by atoms with Crippen molar-refractivity contribution < 1.29 is 9.47 Å². The van der Waals surface area contributed by atoms with Gasteiger partial charge in [0.15, 0.2) is 5.82 Å². The second-order valence-corrected chi connectivity index (χ2v) is 8.43. The largest absolute Gasteiger partial charge is 0.497 e. The van der Waals surface area contributed by atoms with Gasteiger partial charge in [-0.3, -0.25) is 0 Å². The lowest BCUT2D eigenvalue weighted by molar-refractivity contribution is 0.395. The molecule has 2 heterocycles. The number of nitrogens with two attached hydrogens (primary N) is 1. The Kier molecular flexibility index (Phi) is 7.47. The lowest BCUT2D eigenvalue weighted by Gasteiger charge is -2.31. The van der Waals surface area contributed by atoms with Crippen LogP contribution in [0.1, 0.15) is 20.3 Å². The van der Waals surface area contributed by atoms with Gasteiger partial charge in [-0.2, -0.15) is 0 Å². The van der Waals surface area contributed by atoms with Crippen molar-refractivity contribution in [2.75, 3.05) is 74.3 Å². The molecule has 2 aromatic carbocycles. The van der Waals surface area contributed by atoms with Gasteiger partial charge in [0.05, 0.1) is 36.8 Å². The molecular weight excluding hydrogens is 428 g/mol. The monoisotopic (exact) mass is 464 g/mol. The Morgan fingerprint density at radius 1 is 1.09 bits per heavy atom. The highest BCUT2D eigenvalue weighted by Crippen LogP contribution is 2.41. The van der Waals surface area contributed by atoms with Gasteiger partial charge in [0, 0.05) is 56.4 Å². The molecule has 0 bridgehead atoms. The average molecular weight is 465 g/mol. The Hall–Kier alpha value is -3.39. The lowest BCUT2D eigenvalue weighted by atomic mass is 10.1. The molecular formula is C26H36N6O2. The minimum Gasteiger partial charge on any atom is -0.497 e. The molecule has 1 saturated heterocycles. The third-order valence-corrected chi connectivity index (χ3v) is 6.31. The van der Waals surface area contributed by atoms with Crippen molar-refractivity contribution in [1.82, 2.24) is 10.3 Å². The van der Waals surface area contributed by atoms with Crippen LogP contribution in [-0.2, 0) is 0 Å². The van der Waals surface area contributed by atoms with Crippen LogP contribution in [0, 0.1) is 0 Å². The van der Waals surface area contributed by atoms with Crippen molar-refractivity contribution in [1.29, 1.82) is 0 Å². The molecule has 3 aromatic rings. The van der Waals surface area contributed by atoms with Gasteiger partial charge in [-0.15, -0.1) is 0 Å². The summed E-state index contributed by atoms with van der Waals surface area (Å²) in [6, 6.07) is 12.2. The number of rotatable bonds is 9. The van der Waals surface area contributed by atoms with Crippen molar-refractivity contribution >= 4 is 39.5 Å². The first kappa shape index (κ1) is 23.8. The third-order valence-electron chi connectivity index (χ3n) is 6.31. The number of nitrogens with one attached hydrogen (secondary N) is 2. The highest BCUT2D eigenvalue weighted by atomic mass is 16.5. The van der Waals surface area contributed by atoms with E-state index < -0.39 is 0 Å². The van der Waals surface area contributed by atoms with Gasteiger partial charge < -0.3 is 35.6 Å². The van der Waals surface area contributed by atoms with Gasteiger partial charge in [0.2, 0.25) is 0 Å². The SMILES string of the molecule is CCCN(CC)c1c(N)c(Nc2ccc(OC)cc2OC)nc2ccc(N3CCNCC3)cc12. The van der Waals surface area contributed by atoms with E-state index in [2.05, 4.69) is 52.5 Å². The molecule has 4 N–H and O–H groups in total. The summed E-state index contributed by atoms with van der Waals surface area (Å²) >= 11 is 0. The average Bonchev–Trinajstić information content (AvgIpc) is 2.88. The first-order valence-electron chi connectivity index (χ1n) is 12.0. The summed E-state index contributed by atoms with van der Waals surface area (Å²) in [6.45, 7) is 10.1. The summed E-state index contributed by atoms with van der Waals surface area (Å²) < 4.78 is 10.9. The van der Waals surface area contributed by atoms with Gasteiger partial charge in [0.25, 0.3) is 0 Å². The zero-order valence-corrected chi connectivity index (χ0v) is 20.6. The van der Waals surface area contributed by atoms with Gasteiger partial charge in [-0.1, -0.05) is 6.92 Å². The molecule has 4 rings (SSSR count). The van der Waals surface area contributed by atoms with Crippen LogP contribution in [0.2, 0.25) is 0 Å². The van der Waals surface area contributed by atoms with E-state index in [1.165, 1.54) is 5.69 Å². The quantitative estimate of drug-likeness (QED) is 0.434. The van der Waals surface area contributed by atoms with Crippen LogP contribution in [-0.4, -0.2) is 58.5 Å². The fourth-order valence-electron chi connectivity index (χ4n) is 4.53. The van der Waals surface area contributed by atoms with Crippen LogP contribution in [0.25, 0.3) is 10.9 Å². The number of fused-ring (bicyclic) bond motifs is 1. The normalized spacial score (nSPS) is 13.7. The van der Waals surface area contributed by atoms with E-state index in [1.807, 2.05) is 18.2 Å².